The third-order valence-electron chi connectivity index (χ3n) is 3.82. The predicted molar refractivity (Wildman–Crippen MR) is 99.9 cm³/mol. The maximum absolute atomic E-state index is 6.13. The number of aryl methyl sites for hydroxylation is 1. The fourth-order valence-electron chi connectivity index (χ4n) is 2.49. The summed E-state index contributed by atoms with van der Waals surface area (Å²) in [6, 6.07) is 9.00. The SMILES string of the molecule is COc1cc(-c2nnc(COc3cc(C)ccc3Cl)o2)cc(OC)c1OC. The van der Waals surface area contributed by atoms with Gasteiger partial charge in [-0.2, -0.15) is 0 Å². The van der Waals surface area contributed by atoms with Gasteiger partial charge in [-0.05, 0) is 36.8 Å². The molecule has 2 aromatic carbocycles. The maximum atomic E-state index is 6.13. The minimum atomic E-state index is 0.0978. The summed E-state index contributed by atoms with van der Waals surface area (Å²) in [6.07, 6.45) is 0. The zero-order valence-electron chi connectivity index (χ0n) is 15.4. The van der Waals surface area contributed by atoms with Gasteiger partial charge in [0.2, 0.25) is 11.6 Å². The Labute approximate surface area is 161 Å². The standard InChI is InChI=1S/C19H19ClN2O5/c1-11-5-6-13(20)14(7-11)26-10-17-21-22-19(27-17)12-8-15(23-2)18(25-4)16(9-12)24-3/h5-9H,10H2,1-4H3. The highest BCUT2D eigenvalue weighted by Crippen LogP contribution is 2.40. The summed E-state index contributed by atoms with van der Waals surface area (Å²) in [7, 11) is 4.62. The Bertz CT molecular complexity index is 917. The van der Waals surface area contributed by atoms with Crippen molar-refractivity contribution in [2.45, 2.75) is 13.5 Å². The molecule has 0 atom stereocenters. The topological polar surface area (TPSA) is 75.8 Å². The molecule has 0 aliphatic rings. The Morgan fingerprint density at radius 3 is 2.26 bits per heavy atom. The van der Waals surface area contributed by atoms with Crippen LogP contribution in [-0.2, 0) is 6.61 Å². The van der Waals surface area contributed by atoms with Crippen molar-refractivity contribution in [3.05, 3.63) is 46.8 Å². The van der Waals surface area contributed by atoms with E-state index < -0.39 is 0 Å². The number of ether oxygens (including phenoxy) is 4. The van der Waals surface area contributed by atoms with Gasteiger partial charge in [0.15, 0.2) is 18.1 Å². The summed E-state index contributed by atoms with van der Waals surface area (Å²) >= 11 is 6.13. The largest absolute Gasteiger partial charge is 0.493 e. The summed E-state index contributed by atoms with van der Waals surface area (Å²) in [5.41, 5.74) is 1.68. The van der Waals surface area contributed by atoms with Crippen molar-refractivity contribution in [3.63, 3.8) is 0 Å². The number of aromatic nitrogens is 2. The average molecular weight is 391 g/mol. The highest BCUT2D eigenvalue weighted by molar-refractivity contribution is 6.32. The number of hydrogen-bond acceptors (Lipinski definition) is 7. The third kappa shape index (κ3) is 4.09. The Balaban J connectivity index is 1.82. The zero-order valence-corrected chi connectivity index (χ0v) is 16.2. The fraction of sp³-hybridized carbons (Fsp3) is 0.263. The highest BCUT2D eigenvalue weighted by Gasteiger charge is 2.17. The van der Waals surface area contributed by atoms with E-state index in [-0.39, 0.29) is 6.61 Å². The van der Waals surface area contributed by atoms with Gasteiger partial charge in [0, 0.05) is 5.56 Å². The third-order valence-corrected chi connectivity index (χ3v) is 4.13. The highest BCUT2D eigenvalue weighted by atomic mass is 35.5. The molecular formula is C19H19ClN2O5. The first-order valence-corrected chi connectivity index (χ1v) is 8.45. The van der Waals surface area contributed by atoms with Crippen LogP contribution in [0.15, 0.2) is 34.7 Å². The Morgan fingerprint density at radius 2 is 1.63 bits per heavy atom. The molecule has 7 nitrogen and oxygen atoms in total. The molecule has 0 radical (unpaired) electrons. The Hall–Kier alpha value is -2.93. The first-order chi connectivity index (χ1) is 13.0. The van der Waals surface area contributed by atoms with E-state index in [1.807, 2.05) is 19.1 Å². The van der Waals surface area contributed by atoms with Crippen LogP contribution in [0.3, 0.4) is 0 Å². The smallest absolute Gasteiger partial charge is 0.254 e. The van der Waals surface area contributed by atoms with Gasteiger partial charge in [-0.25, -0.2) is 0 Å². The van der Waals surface area contributed by atoms with Crippen molar-refractivity contribution in [2.24, 2.45) is 0 Å². The van der Waals surface area contributed by atoms with Gasteiger partial charge in [-0.15, -0.1) is 10.2 Å². The summed E-state index contributed by atoms with van der Waals surface area (Å²) in [5, 5.41) is 8.60. The molecule has 0 fully saturated rings. The van der Waals surface area contributed by atoms with Crippen molar-refractivity contribution >= 4 is 11.6 Å². The number of hydrogen-bond donors (Lipinski definition) is 0. The average Bonchev–Trinajstić information content (AvgIpc) is 3.16. The summed E-state index contributed by atoms with van der Waals surface area (Å²) in [5.74, 6) is 2.66. The van der Waals surface area contributed by atoms with Gasteiger partial charge < -0.3 is 23.4 Å². The summed E-state index contributed by atoms with van der Waals surface area (Å²) in [6.45, 7) is 2.05. The van der Waals surface area contributed by atoms with E-state index in [1.54, 1.807) is 39.5 Å². The van der Waals surface area contributed by atoms with Crippen LogP contribution in [0, 0.1) is 6.92 Å². The number of nitrogens with zero attached hydrogens (tertiary/aromatic N) is 2. The van der Waals surface area contributed by atoms with Crippen molar-refractivity contribution in [3.8, 4) is 34.5 Å². The van der Waals surface area contributed by atoms with Crippen LogP contribution in [0.5, 0.6) is 23.0 Å². The second-order valence-corrected chi connectivity index (χ2v) is 6.04. The molecule has 3 rings (SSSR count). The number of benzene rings is 2. The summed E-state index contributed by atoms with van der Waals surface area (Å²) in [4.78, 5) is 0. The Morgan fingerprint density at radius 1 is 0.926 bits per heavy atom. The molecule has 3 aromatic rings. The lowest BCUT2D eigenvalue weighted by Gasteiger charge is -2.12. The minimum Gasteiger partial charge on any atom is -0.493 e. The molecule has 0 bridgehead atoms. The quantitative estimate of drug-likeness (QED) is 0.595. The lowest BCUT2D eigenvalue weighted by atomic mass is 10.2. The van der Waals surface area contributed by atoms with Gasteiger partial charge in [-0.1, -0.05) is 17.7 Å². The minimum absolute atomic E-state index is 0.0978. The molecule has 0 N–H and O–H groups in total. The number of rotatable bonds is 7. The van der Waals surface area contributed by atoms with E-state index in [2.05, 4.69) is 10.2 Å². The maximum Gasteiger partial charge on any atom is 0.254 e. The lowest BCUT2D eigenvalue weighted by Crippen LogP contribution is -1.96. The van der Waals surface area contributed by atoms with Gasteiger partial charge in [0.1, 0.15) is 5.75 Å². The van der Waals surface area contributed by atoms with E-state index in [4.69, 9.17) is 35.0 Å². The Kier molecular flexibility index (Phi) is 5.71. The molecule has 0 amide bonds. The van der Waals surface area contributed by atoms with Crippen LogP contribution in [0.4, 0.5) is 0 Å². The second kappa shape index (κ2) is 8.18. The second-order valence-electron chi connectivity index (χ2n) is 5.64. The fourth-order valence-corrected chi connectivity index (χ4v) is 2.67. The van der Waals surface area contributed by atoms with Gasteiger partial charge in [0.25, 0.3) is 5.89 Å². The van der Waals surface area contributed by atoms with Crippen molar-refractivity contribution in [1.82, 2.24) is 10.2 Å². The molecule has 142 valence electrons. The lowest BCUT2D eigenvalue weighted by molar-refractivity contribution is 0.264. The molecule has 0 aliphatic carbocycles. The number of halogens is 1. The van der Waals surface area contributed by atoms with Gasteiger partial charge in [0.05, 0.1) is 26.4 Å². The van der Waals surface area contributed by atoms with Crippen molar-refractivity contribution in [1.29, 1.82) is 0 Å². The van der Waals surface area contributed by atoms with Gasteiger partial charge in [-0.3, -0.25) is 0 Å². The molecule has 0 saturated heterocycles. The van der Waals surface area contributed by atoms with E-state index in [0.29, 0.717) is 45.4 Å². The molecule has 0 aliphatic heterocycles. The van der Waals surface area contributed by atoms with E-state index in [9.17, 15) is 0 Å². The normalized spacial score (nSPS) is 10.6. The van der Waals surface area contributed by atoms with Crippen LogP contribution in [0.2, 0.25) is 5.02 Å². The molecular weight excluding hydrogens is 372 g/mol. The van der Waals surface area contributed by atoms with Crippen LogP contribution >= 0.6 is 11.6 Å². The molecule has 0 unspecified atom stereocenters. The molecule has 8 heteroatoms. The molecule has 0 saturated carbocycles. The molecule has 0 spiro atoms. The molecule has 1 heterocycles. The number of methoxy groups -OCH3 is 3. The van der Waals surface area contributed by atoms with Crippen molar-refractivity contribution in [2.75, 3.05) is 21.3 Å². The van der Waals surface area contributed by atoms with Crippen molar-refractivity contribution < 1.29 is 23.4 Å². The summed E-state index contributed by atoms with van der Waals surface area (Å²) < 4.78 is 27.4. The monoisotopic (exact) mass is 390 g/mol. The predicted octanol–water partition coefficient (Wildman–Crippen LogP) is 4.30. The van der Waals surface area contributed by atoms with E-state index >= 15 is 0 Å². The van der Waals surface area contributed by atoms with Crippen LogP contribution in [0.1, 0.15) is 11.5 Å². The molecule has 27 heavy (non-hydrogen) atoms. The van der Waals surface area contributed by atoms with E-state index in [1.165, 1.54) is 0 Å². The zero-order chi connectivity index (χ0) is 19.4. The first-order valence-electron chi connectivity index (χ1n) is 8.07. The first kappa shape index (κ1) is 18.8. The van der Waals surface area contributed by atoms with Crippen LogP contribution in [0.25, 0.3) is 11.5 Å². The van der Waals surface area contributed by atoms with E-state index in [0.717, 1.165) is 5.56 Å². The van der Waals surface area contributed by atoms with Gasteiger partial charge >= 0.3 is 0 Å². The molecule has 1 aromatic heterocycles. The van der Waals surface area contributed by atoms with Crippen LogP contribution in [-0.4, -0.2) is 31.5 Å². The van der Waals surface area contributed by atoms with Crippen LogP contribution < -0.4 is 18.9 Å².